The number of carbonyl (C=O) groups excluding carboxylic acids is 3. The third-order valence-electron chi connectivity index (χ3n) is 7.75. The summed E-state index contributed by atoms with van der Waals surface area (Å²) in [7, 11) is 0. The number of anilines is 1. The summed E-state index contributed by atoms with van der Waals surface area (Å²) < 4.78 is 39.9. The Morgan fingerprint density at radius 2 is 1.21 bits per heavy atom. The number of para-hydroxylation sites is 1. The van der Waals surface area contributed by atoms with Crippen LogP contribution in [0.25, 0.3) is 0 Å². The average molecular weight is 559 g/mol. The molecule has 1 saturated heterocycles. The molecule has 4 aliphatic rings. The zero-order chi connectivity index (χ0) is 27.0. The van der Waals surface area contributed by atoms with Crippen LogP contribution in [0.3, 0.4) is 0 Å². The molecule has 0 spiro atoms. The van der Waals surface area contributed by atoms with Crippen LogP contribution in [0.1, 0.15) is 34.2 Å². The molecule has 2 atom stereocenters. The van der Waals surface area contributed by atoms with E-state index in [9.17, 15) is 27.6 Å². The highest BCUT2D eigenvalue weighted by atomic mass is 35.5. The molecule has 3 aromatic rings. The molecular formula is C28H19Cl2F3N2O3. The van der Waals surface area contributed by atoms with Crippen LogP contribution >= 0.6 is 23.2 Å². The summed E-state index contributed by atoms with van der Waals surface area (Å²) in [5, 5.41) is 2.25. The van der Waals surface area contributed by atoms with E-state index in [-0.39, 0.29) is 6.54 Å². The maximum atomic E-state index is 13.7. The average Bonchev–Trinajstić information content (AvgIpc) is 3.16. The van der Waals surface area contributed by atoms with E-state index in [0.29, 0.717) is 22.3 Å². The number of nitrogens with zero attached hydrogens (tertiary/aromatic N) is 1. The Kier molecular flexibility index (Phi) is 5.46. The Hall–Kier alpha value is -3.36. The number of nitrogens with one attached hydrogen (secondary N) is 1. The first-order chi connectivity index (χ1) is 18.0. The molecule has 5 nitrogen and oxygen atoms in total. The van der Waals surface area contributed by atoms with E-state index in [1.54, 1.807) is 48.5 Å². The highest BCUT2D eigenvalue weighted by Gasteiger charge is 2.72. The number of carbonyl (C=O) groups is 3. The number of hydrogen-bond donors (Lipinski definition) is 1. The van der Waals surface area contributed by atoms with E-state index in [2.05, 4.69) is 5.32 Å². The van der Waals surface area contributed by atoms with Gasteiger partial charge in [-0.3, -0.25) is 19.3 Å². The molecule has 1 fully saturated rings. The molecule has 38 heavy (non-hydrogen) atoms. The van der Waals surface area contributed by atoms with Crippen LogP contribution in [0.5, 0.6) is 0 Å². The van der Waals surface area contributed by atoms with E-state index < -0.39 is 63.2 Å². The van der Waals surface area contributed by atoms with E-state index in [0.717, 1.165) is 17.0 Å². The summed E-state index contributed by atoms with van der Waals surface area (Å²) in [5.74, 6) is -3.91. The third kappa shape index (κ3) is 3.23. The second-order valence-corrected chi connectivity index (χ2v) is 10.8. The number of benzene rings is 3. The highest BCUT2D eigenvalue weighted by molar-refractivity contribution is 6.36. The van der Waals surface area contributed by atoms with Crippen molar-refractivity contribution in [2.45, 2.75) is 22.3 Å². The number of imide groups is 1. The molecular weight excluding hydrogens is 540 g/mol. The lowest BCUT2D eigenvalue weighted by molar-refractivity contribution is -0.140. The van der Waals surface area contributed by atoms with Gasteiger partial charge in [0, 0.05) is 13.0 Å². The van der Waals surface area contributed by atoms with Gasteiger partial charge in [-0.2, -0.15) is 13.2 Å². The summed E-state index contributed by atoms with van der Waals surface area (Å²) in [6, 6.07) is 19.0. The van der Waals surface area contributed by atoms with Crippen molar-refractivity contribution in [1.82, 2.24) is 4.90 Å². The van der Waals surface area contributed by atoms with Gasteiger partial charge in [-0.05, 0) is 34.4 Å². The second-order valence-electron chi connectivity index (χ2n) is 9.64. The van der Waals surface area contributed by atoms with Gasteiger partial charge in [-0.1, -0.05) is 60.7 Å². The van der Waals surface area contributed by atoms with Crippen LogP contribution in [-0.2, 0) is 30.3 Å². The lowest BCUT2D eigenvalue weighted by Gasteiger charge is -2.54. The van der Waals surface area contributed by atoms with E-state index in [1.807, 2.05) is 0 Å². The fourth-order valence-corrected chi connectivity index (χ4v) is 7.31. The molecule has 3 aliphatic carbocycles. The highest BCUT2D eigenvalue weighted by Crippen LogP contribution is 2.69. The van der Waals surface area contributed by atoms with E-state index >= 15 is 0 Å². The van der Waals surface area contributed by atoms with Crippen molar-refractivity contribution in [1.29, 1.82) is 0 Å². The van der Waals surface area contributed by atoms with Crippen LogP contribution in [0.2, 0.25) is 0 Å². The summed E-state index contributed by atoms with van der Waals surface area (Å²) in [6.07, 6.45) is -5.05. The van der Waals surface area contributed by atoms with Gasteiger partial charge in [0.25, 0.3) is 0 Å². The van der Waals surface area contributed by atoms with Gasteiger partial charge >= 0.3 is 6.18 Å². The van der Waals surface area contributed by atoms with Gasteiger partial charge in [0.2, 0.25) is 17.7 Å². The number of amides is 3. The zero-order valence-corrected chi connectivity index (χ0v) is 21.1. The number of rotatable bonds is 4. The monoisotopic (exact) mass is 558 g/mol. The Morgan fingerprint density at radius 1 is 0.789 bits per heavy atom. The fourth-order valence-electron chi connectivity index (χ4n) is 6.21. The molecule has 3 aromatic carbocycles. The predicted molar refractivity (Wildman–Crippen MR) is 135 cm³/mol. The number of likely N-dealkylation sites (tertiary alicyclic amines) is 1. The molecule has 194 valence electrons. The fraction of sp³-hybridized carbons (Fsp3) is 0.250. The molecule has 2 bridgehead atoms. The van der Waals surface area contributed by atoms with Crippen LogP contribution in [0.15, 0.2) is 72.8 Å². The third-order valence-corrected chi connectivity index (χ3v) is 9.03. The minimum atomic E-state index is -4.66. The van der Waals surface area contributed by atoms with Gasteiger partial charge < -0.3 is 5.32 Å². The van der Waals surface area contributed by atoms with Crippen molar-refractivity contribution in [2.75, 3.05) is 11.9 Å². The maximum absolute atomic E-state index is 13.7. The second kappa shape index (κ2) is 8.32. The molecule has 10 heteroatoms. The molecule has 7 rings (SSSR count). The van der Waals surface area contributed by atoms with Crippen molar-refractivity contribution in [3.05, 3.63) is 101 Å². The van der Waals surface area contributed by atoms with Crippen molar-refractivity contribution in [3.63, 3.8) is 0 Å². The van der Waals surface area contributed by atoms with Crippen LogP contribution < -0.4 is 5.32 Å². The molecule has 1 N–H and O–H groups in total. The quantitative estimate of drug-likeness (QED) is 0.333. The summed E-state index contributed by atoms with van der Waals surface area (Å²) >= 11 is 14.7. The van der Waals surface area contributed by atoms with Gasteiger partial charge in [0.05, 0.1) is 23.1 Å². The molecule has 1 aliphatic heterocycles. The first kappa shape index (κ1) is 24.9. The number of halogens is 5. The molecule has 1 heterocycles. The number of hydrogen-bond acceptors (Lipinski definition) is 3. The Morgan fingerprint density at radius 3 is 1.66 bits per heavy atom. The summed E-state index contributed by atoms with van der Waals surface area (Å²) in [6.45, 7) is -0.322. The molecule has 0 radical (unpaired) electrons. The lowest BCUT2D eigenvalue weighted by atomic mass is 9.54. The predicted octanol–water partition coefficient (Wildman–Crippen LogP) is 5.63. The zero-order valence-electron chi connectivity index (χ0n) is 19.6. The standard InChI is InChI=1S/C28H19Cl2F3N2O3/c29-26-15-7-1-2-8-16(15)27(30,18-10-4-3-9-17(18)26)23-22(26)24(37)35(25(23)38)14-13-21(36)34-20-12-6-5-11-19(20)28(31,32)33/h1-12,22-23H,13-14H2,(H,34,36)/t22-,23+,26?,27?. The molecule has 0 unspecified atom stereocenters. The lowest BCUT2D eigenvalue weighted by Crippen LogP contribution is -2.57. The van der Waals surface area contributed by atoms with Gasteiger partial charge in [-0.25, -0.2) is 0 Å². The minimum Gasteiger partial charge on any atom is -0.325 e. The molecule has 0 saturated carbocycles. The van der Waals surface area contributed by atoms with Crippen LogP contribution in [-0.4, -0.2) is 29.2 Å². The first-order valence-corrected chi connectivity index (χ1v) is 12.7. The van der Waals surface area contributed by atoms with Crippen molar-refractivity contribution < 1.29 is 27.6 Å². The smallest absolute Gasteiger partial charge is 0.325 e. The summed E-state index contributed by atoms with van der Waals surface area (Å²) in [5.41, 5.74) is 1.22. The van der Waals surface area contributed by atoms with Crippen molar-refractivity contribution in [3.8, 4) is 0 Å². The Balaban J connectivity index is 1.31. The van der Waals surface area contributed by atoms with Crippen molar-refractivity contribution >= 4 is 46.6 Å². The van der Waals surface area contributed by atoms with Crippen LogP contribution in [0.4, 0.5) is 18.9 Å². The topological polar surface area (TPSA) is 66.5 Å². The number of alkyl halides is 5. The SMILES string of the molecule is O=C(CCN1C(=O)[C@@H]2[C@H](C1=O)C1(Cl)c3ccccc3C2(Cl)c2ccccc21)Nc1ccccc1C(F)(F)F. The molecule has 3 amide bonds. The van der Waals surface area contributed by atoms with Gasteiger partial charge in [0.15, 0.2) is 0 Å². The normalized spacial score (nSPS) is 27.1. The molecule has 0 aromatic heterocycles. The van der Waals surface area contributed by atoms with Gasteiger partial charge in [-0.15, -0.1) is 23.2 Å². The minimum absolute atomic E-state index is 0.322. The maximum Gasteiger partial charge on any atom is 0.418 e. The van der Waals surface area contributed by atoms with Crippen LogP contribution in [0, 0.1) is 11.8 Å². The Labute approximate surface area is 225 Å². The largest absolute Gasteiger partial charge is 0.418 e. The van der Waals surface area contributed by atoms with Gasteiger partial charge in [0.1, 0.15) is 9.75 Å². The van der Waals surface area contributed by atoms with Crippen molar-refractivity contribution in [2.24, 2.45) is 11.8 Å². The van der Waals surface area contributed by atoms with E-state index in [4.69, 9.17) is 23.2 Å². The summed E-state index contributed by atoms with van der Waals surface area (Å²) in [4.78, 5) is 38.4. The van der Waals surface area contributed by atoms with E-state index in [1.165, 1.54) is 12.1 Å². The Bertz CT molecular complexity index is 1400. The first-order valence-electron chi connectivity index (χ1n) is 11.9.